The molecule has 0 aliphatic heterocycles. The second kappa shape index (κ2) is 5.64. The molecule has 0 saturated heterocycles. The van der Waals surface area contributed by atoms with E-state index in [0.29, 0.717) is 0 Å². The molecule has 3 nitrogen and oxygen atoms in total. The molecule has 0 spiro atoms. The van der Waals surface area contributed by atoms with Crippen LogP contribution in [0.3, 0.4) is 0 Å². The second-order valence-electron chi connectivity index (χ2n) is 3.93. The van der Waals surface area contributed by atoms with Gasteiger partial charge in [0.25, 0.3) is 10.0 Å². The summed E-state index contributed by atoms with van der Waals surface area (Å²) in [6.45, 7) is 0. The van der Waals surface area contributed by atoms with Gasteiger partial charge in [0.1, 0.15) is 23.3 Å². The Morgan fingerprint density at radius 3 is 2.05 bits per heavy atom. The van der Waals surface area contributed by atoms with Crippen molar-refractivity contribution in [1.82, 2.24) is 0 Å². The summed E-state index contributed by atoms with van der Waals surface area (Å²) in [5.41, 5.74) is -0.252. The first-order valence-electron chi connectivity index (χ1n) is 5.33. The molecule has 0 atom stereocenters. The molecular formula is C12H6BrF4NO2S. The van der Waals surface area contributed by atoms with Gasteiger partial charge in [-0.25, -0.2) is 26.0 Å². The van der Waals surface area contributed by atoms with Crippen molar-refractivity contribution in [2.45, 2.75) is 4.90 Å². The van der Waals surface area contributed by atoms with Crippen LogP contribution in [0.15, 0.2) is 39.7 Å². The first-order chi connectivity index (χ1) is 9.70. The van der Waals surface area contributed by atoms with Crippen molar-refractivity contribution in [3.8, 4) is 0 Å². The summed E-state index contributed by atoms with van der Waals surface area (Å²) in [4.78, 5) is -1.35. The molecular weight excluding hydrogens is 378 g/mol. The lowest BCUT2D eigenvalue weighted by Gasteiger charge is -2.11. The lowest BCUT2D eigenvalue weighted by molar-refractivity contribution is 0.498. The highest BCUT2D eigenvalue weighted by Crippen LogP contribution is 2.28. The van der Waals surface area contributed by atoms with E-state index in [1.54, 1.807) is 0 Å². The van der Waals surface area contributed by atoms with Crippen LogP contribution in [0.2, 0.25) is 0 Å². The van der Waals surface area contributed by atoms with Crippen molar-refractivity contribution in [2.24, 2.45) is 0 Å². The van der Waals surface area contributed by atoms with Crippen LogP contribution in [-0.2, 0) is 10.0 Å². The third-order valence-corrected chi connectivity index (χ3v) is 4.51. The Labute approximate surface area is 125 Å². The quantitative estimate of drug-likeness (QED) is 0.819. The number of halogens is 5. The Morgan fingerprint density at radius 1 is 0.905 bits per heavy atom. The van der Waals surface area contributed by atoms with Gasteiger partial charge in [-0.05, 0) is 34.1 Å². The number of benzene rings is 2. The third-order valence-electron chi connectivity index (χ3n) is 2.40. The minimum Gasteiger partial charge on any atom is -0.278 e. The summed E-state index contributed by atoms with van der Waals surface area (Å²) in [5.74, 6) is -5.19. The SMILES string of the molecule is O=S(=O)(Nc1cc(F)ccc1Br)c1c(F)cc(F)cc1F. The molecule has 21 heavy (non-hydrogen) atoms. The van der Waals surface area contributed by atoms with E-state index >= 15 is 0 Å². The van der Waals surface area contributed by atoms with E-state index in [2.05, 4.69) is 15.9 Å². The summed E-state index contributed by atoms with van der Waals surface area (Å²) in [5, 5.41) is 0. The highest BCUT2D eigenvalue weighted by molar-refractivity contribution is 9.10. The zero-order valence-electron chi connectivity index (χ0n) is 10.0. The van der Waals surface area contributed by atoms with Crippen LogP contribution >= 0.6 is 15.9 Å². The van der Waals surface area contributed by atoms with Crippen molar-refractivity contribution in [1.29, 1.82) is 0 Å². The molecule has 0 heterocycles. The monoisotopic (exact) mass is 383 g/mol. The van der Waals surface area contributed by atoms with Gasteiger partial charge in [0.2, 0.25) is 0 Å². The van der Waals surface area contributed by atoms with Gasteiger partial charge in [-0.15, -0.1) is 0 Å². The predicted molar refractivity (Wildman–Crippen MR) is 71.2 cm³/mol. The molecule has 0 fully saturated rings. The van der Waals surface area contributed by atoms with Gasteiger partial charge >= 0.3 is 0 Å². The molecule has 0 bridgehead atoms. The second-order valence-corrected chi connectivity index (χ2v) is 6.40. The average Bonchev–Trinajstić information content (AvgIpc) is 2.31. The molecule has 0 unspecified atom stereocenters. The molecule has 0 aromatic heterocycles. The van der Waals surface area contributed by atoms with Gasteiger partial charge in [0.15, 0.2) is 4.90 Å². The smallest absolute Gasteiger partial charge is 0.267 e. The van der Waals surface area contributed by atoms with Crippen molar-refractivity contribution in [3.63, 3.8) is 0 Å². The maximum atomic E-state index is 13.5. The number of hydrogen-bond donors (Lipinski definition) is 1. The van der Waals surface area contributed by atoms with Crippen LogP contribution in [0, 0.1) is 23.3 Å². The molecule has 0 radical (unpaired) electrons. The molecule has 2 rings (SSSR count). The first-order valence-corrected chi connectivity index (χ1v) is 7.61. The average molecular weight is 384 g/mol. The highest BCUT2D eigenvalue weighted by Gasteiger charge is 2.26. The Morgan fingerprint density at radius 2 is 1.48 bits per heavy atom. The fourth-order valence-electron chi connectivity index (χ4n) is 1.56. The summed E-state index contributed by atoms with van der Waals surface area (Å²) in [6, 6.07) is 3.56. The third kappa shape index (κ3) is 3.35. The van der Waals surface area contributed by atoms with Gasteiger partial charge in [-0.3, -0.25) is 4.72 Å². The lowest BCUT2D eigenvalue weighted by atomic mass is 10.3. The van der Waals surface area contributed by atoms with Crippen molar-refractivity contribution < 1.29 is 26.0 Å². The summed E-state index contributed by atoms with van der Waals surface area (Å²) in [7, 11) is -4.69. The molecule has 2 aromatic carbocycles. The highest BCUT2D eigenvalue weighted by atomic mass is 79.9. The van der Waals surface area contributed by atoms with Gasteiger partial charge in [0, 0.05) is 16.6 Å². The molecule has 0 aliphatic carbocycles. The number of sulfonamides is 1. The van der Waals surface area contributed by atoms with Gasteiger partial charge in [0.05, 0.1) is 5.69 Å². The van der Waals surface area contributed by atoms with Crippen molar-refractivity contribution in [3.05, 3.63) is 58.1 Å². The van der Waals surface area contributed by atoms with E-state index < -0.39 is 38.2 Å². The minimum absolute atomic E-state index is 0.162. The summed E-state index contributed by atoms with van der Waals surface area (Å²) >= 11 is 2.96. The number of hydrogen-bond acceptors (Lipinski definition) is 2. The Hall–Kier alpha value is -1.61. The molecule has 112 valence electrons. The first kappa shape index (κ1) is 15.8. The Balaban J connectivity index is 2.51. The fraction of sp³-hybridized carbons (Fsp3) is 0. The van der Waals surface area contributed by atoms with Crippen molar-refractivity contribution >= 4 is 31.6 Å². The number of rotatable bonds is 3. The van der Waals surface area contributed by atoms with E-state index in [1.807, 2.05) is 4.72 Å². The maximum absolute atomic E-state index is 13.5. The van der Waals surface area contributed by atoms with E-state index in [0.717, 1.165) is 12.1 Å². The fourth-order valence-corrected chi connectivity index (χ4v) is 3.23. The minimum atomic E-state index is -4.69. The van der Waals surface area contributed by atoms with Crippen molar-refractivity contribution in [2.75, 3.05) is 4.72 Å². The standard InChI is InChI=1S/C12H6BrF4NO2S/c13-8-2-1-6(14)5-11(8)18-21(19,20)12-9(16)3-7(15)4-10(12)17/h1-5,18H. The van der Waals surface area contributed by atoms with Gasteiger partial charge in [-0.1, -0.05) is 0 Å². The molecule has 9 heteroatoms. The maximum Gasteiger partial charge on any atom is 0.267 e. The zero-order chi connectivity index (χ0) is 15.8. The summed E-state index contributed by atoms with van der Waals surface area (Å²) < 4.78 is 78.8. The summed E-state index contributed by atoms with van der Waals surface area (Å²) in [6.07, 6.45) is 0. The van der Waals surface area contributed by atoms with Crippen LogP contribution in [0.1, 0.15) is 0 Å². The topological polar surface area (TPSA) is 46.2 Å². The van der Waals surface area contributed by atoms with Crippen LogP contribution in [-0.4, -0.2) is 8.42 Å². The van der Waals surface area contributed by atoms with Gasteiger partial charge in [-0.2, -0.15) is 0 Å². The van der Waals surface area contributed by atoms with Crippen LogP contribution in [0.25, 0.3) is 0 Å². The van der Waals surface area contributed by atoms with E-state index in [1.165, 1.54) is 6.07 Å². The normalized spacial score (nSPS) is 11.5. The number of nitrogens with one attached hydrogen (secondary N) is 1. The molecule has 1 N–H and O–H groups in total. The lowest BCUT2D eigenvalue weighted by Crippen LogP contribution is -2.17. The largest absolute Gasteiger partial charge is 0.278 e. The predicted octanol–water partition coefficient (Wildman–Crippen LogP) is 3.81. The van der Waals surface area contributed by atoms with E-state index in [9.17, 15) is 26.0 Å². The molecule has 0 amide bonds. The Bertz CT molecular complexity index is 788. The number of anilines is 1. The van der Waals surface area contributed by atoms with Gasteiger partial charge < -0.3 is 0 Å². The van der Waals surface area contributed by atoms with Crippen LogP contribution < -0.4 is 4.72 Å². The van der Waals surface area contributed by atoms with E-state index in [4.69, 9.17) is 0 Å². The Kier molecular flexibility index (Phi) is 4.24. The van der Waals surface area contributed by atoms with E-state index in [-0.39, 0.29) is 22.3 Å². The zero-order valence-corrected chi connectivity index (χ0v) is 12.4. The molecule has 2 aromatic rings. The van der Waals surface area contributed by atoms with Crippen LogP contribution in [0.5, 0.6) is 0 Å². The molecule has 0 saturated carbocycles. The molecule has 0 aliphatic rings. The van der Waals surface area contributed by atoms with Crippen LogP contribution in [0.4, 0.5) is 23.2 Å².